The molecule has 22 heavy (non-hydrogen) atoms. The third-order valence-electron chi connectivity index (χ3n) is 3.98. The molecule has 0 bridgehead atoms. The monoisotopic (exact) mass is 288 g/mol. The molecule has 0 spiro atoms. The quantitative estimate of drug-likeness (QED) is 0.654. The maximum Gasteiger partial charge on any atom is 0.0688 e. The molecule has 0 fully saturated rings. The van der Waals surface area contributed by atoms with Gasteiger partial charge in [0.25, 0.3) is 0 Å². The Balaban J connectivity index is 2.09. The van der Waals surface area contributed by atoms with Crippen molar-refractivity contribution in [2.45, 2.75) is 13.8 Å². The third kappa shape index (κ3) is 2.60. The van der Waals surface area contributed by atoms with Gasteiger partial charge in [0, 0.05) is 24.2 Å². The number of nitrogens with one attached hydrogen (secondary N) is 1. The Labute approximate surface area is 131 Å². The molecule has 2 nitrogen and oxygen atoms in total. The minimum absolute atomic E-state index is 1.05. The zero-order chi connectivity index (χ0) is 15.5. The molecule has 0 saturated carbocycles. The van der Waals surface area contributed by atoms with E-state index in [1.54, 1.807) is 0 Å². The van der Waals surface area contributed by atoms with Gasteiger partial charge in [-0.1, -0.05) is 54.6 Å². The minimum Gasteiger partial charge on any atom is -0.387 e. The molecule has 0 saturated heterocycles. The van der Waals surface area contributed by atoms with Gasteiger partial charge in [0.05, 0.1) is 11.4 Å². The number of rotatable bonds is 3. The number of para-hydroxylation sites is 1. The van der Waals surface area contributed by atoms with Crippen molar-refractivity contribution in [1.29, 1.82) is 0 Å². The molecule has 0 heterocycles. The van der Waals surface area contributed by atoms with E-state index in [0.717, 1.165) is 16.9 Å². The summed E-state index contributed by atoms with van der Waals surface area (Å²) < 4.78 is 0. The molecule has 0 aliphatic carbocycles. The van der Waals surface area contributed by atoms with Crippen LogP contribution in [0, 0.1) is 13.8 Å². The molecule has 3 aromatic rings. The predicted molar refractivity (Wildman–Crippen MR) is 96.7 cm³/mol. The minimum atomic E-state index is 1.05. The number of benzene rings is 3. The average Bonchev–Trinajstić information content (AvgIpc) is 2.54. The van der Waals surface area contributed by atoms with Gasteiger partial charge in [0.15, 0.2) is 0 Å². The van der Waals surface area contributed by atoms with Crippen molar-refractivity contribution in [2.24, 2.45) is 4.99 Å². The van der Waals surface area contributed by atoms with Crippen LogP contribution >= 0.6 is 0 Å². The lowest BCUT2D eigenvalue weighted by atomic mass is 10.0. The van der Waals surface area contributed by atoms with Crippen LogP contribution in [0.4, 0.5) is 11.4 Å². The number of anilines is 1. The Bertz CT molecular complexity index is 827. The second-order valence-corrected chi connectivity index (χ2v) is 5.50. The van der Waals surface area contributed by atoms with E-state index in [9.17, 15) is 0 Å². The topological polar surface area (TPSA) is 24.4 Å². The SMILES string of the molecule is CNc1c(C=Nc2c(C)cccc2C)ccc2ccccc12. The van der Waals surface area contributed by atoms with Crippen molar-refractivity contribution in [3.63, 3.8) is 0 Å². The van der Waals surface area contributed by atoms with E-state index in [0.29, 0.717) is 0 Å². The molecule has 1 N–H and O–H groups in total. The van der Waals surface area contributed by atoms with Crippen LogP contribution in [0.5, 0.6) is 0 Å². The molecule has 3 rings (SSSR count). The second kappa shape index (κ2) is 6.02. The van der Waals surface area contributed by atoms with E-state index >= 15 is 0 Å². The maximum absolute atomic E-state index is 4.73. The second-order valence-electron chi connectivity index (χ2n) is 5.50. The summed E-state index contributed by atoms with van der Waals surface area (Å²) >= 11 is 0. The molecule has 0 radical (unpaired) electrons. The first kappa shape index (κ1) is 14.3. The molecule has 0 aliphatic heterocycles. The van der Waals surface area contributed by atoms with Gasteiger partial charge < -0.3 is 5.32 Å². The van der Waals surface area contributed by atoms with Crippen molar-refractivity contribution in [3.05, 3.63) is 71.3 Å². The highest BCUT2D eigenvalue weighted by molar-refractivity contribution is 6.03. The number of aliphatic imine (C=N–C) groups is 1. The normalized spacial score (nSPS) is 11.2. The van der Waals surface area contributed by atoms with Gasteiger partial charge in [-0.2, -0.15) is 0 Å². The first-order valence-electron chi connectivity index (χ1n) is 7.50. The van der Waals surface area contributed by atoms with Crippen LogP contribution in [0.1, 0.15) is 16.7 Å². The van der Waals surface area contributed by atoms with E-state index < -0.39 is 0 Å². The van der Waals surface area contributed by atoms with Crippen molar-refractivity contribution >= 4 is 28.4 Å². The lowest BCUT2D eigenvalue weighted by molar-refractivity contribution is 1.33. The summed E-state index contributed by atoms with van der Waals surface area (Å²) in [5.74, 6) is 0. The smallest absolute Gasteiger partial charge is 0.0688 e. The number of hydrogen-bond donors (Lipinski definition) is 1. The van der Waals surface area contributed by atoms with E-state index in [4.69, 9.17) is 4.99 Å². The van der Waals surface area contributed by atoms with Crippen LogP contribution in [0.15, 0.2) is 59.6 Å². The fourth-order valence-electron chi connectivity index (χ4n) is 2.82. The van der Waals surface area contributed by atoms with Crippen LogP contribution in [0.2, 0.25) is 0 Å². The predicted octanol–water partition coefficient (Wildman–Crippen LogP) is 5.25. The zero-order valence-electron chi connectivity index (χ0n) is 13.2. The van der Waals surface area contributed by atoms with Gasteiger partial charge in [-0.3, -0.25) is 4.99 Å². The Kier molecular flexibility index (Phi) is 3.92. The molecule has 110 valence electrons. The third-order valence-corrected chi connectivity index (χ3v) is 3.98. The number of hydrogen-bond acceptors (Lipinski definition) is 2. The lowest BCUT2D eigenvalue weighted by Gasteiger charge is -2.10. The largest absolute Gasteiger partial charge is 0.387 e. The molecule has 0 atom stereocenters. The highest BCUT2D eigenvalue weighted by Crippen LogP contribution is 2.28. The molecule has 0 unspecified atom stereocenters. The standard InChI is InChI=1S/C20H20N2/c1-14-7-6-8-15(2)19(14)22-13-17-12-11-16-9-4-5-10-18(16)20(17)21-3/h4-13,21H,1-3H3. The average molecular weight is 288 g/mol. The molecular formula is C20H20N2. The van der Waals surface area contributed by atoms with Crippen LogP contribution in [-0.2, 0) is 0 Å². The summed E-state index contributed by atoms with van der Waals surface area (Å²) in [4.78, 5) is 4.73. The van der Waals surface area contributed by atoms with E-state index in [-0.39, 0.29) is 0 Å². The Morgan fingerprint density at radius 2 is 1.59 bits per heavy atom. The van der Waals surface area contributed by atoms with Gasteiger partial charge in [0.2, 0.25) is 0 Å². The highest BCUT2D eigenvalue weighted by Gasteiger charge is 2.05. The first-order chi connectivity index (χ1) is 10.7. The van der Waals surface area contributed by atoms with Crippen molar-refractivity contribution < 1.29 is 0 Å². The fourth-order valence-corrected chi connectivity index (χ4v) is 2.82. The van der Waals surface area contributed by atoms with Crippen LogP contribution in [0.25, 0.3) is 10.8 Å². The molecular weight excluding hydrogens is 268 g/mol. The van der Waals surface area contributed by atoms with Gasteiger partial charge >= 0.3 is 0 Å². The fraction of sp³-hybridized carbons (Fsp3) is 0.150. The summed E-state index contributed by atoms with van der Waals surface area (Å²) in [7, 11) is 1.96. The zero-order valence-corrected chi connectivity index (χ0v) is 13.2. The number of nitrogens with zero attached hydrogens (tertiary/aromatic N) is 1. The summed E-state index contributed by atoms with van der Waals surface area (Å²) in [5.41, 5.74) is 5.67. The van der Waals surface area contributed by atoms with Crippen molar-refractivity contribution in [1.82, 2.24) is 0 Å². The first-order valence-corrected chi connectivity index (χ1v) is 7.50. The van der Waals surface area contributed by atoms with Crippen LogP contribution in [0.3, 0.4) is 0 Å². The summed E-state index contributed by atoms with van der Waals surface area (Å²) in [6, 6.07) is 18.9. The Hall–Kier alpha value is -2.61. The Morgan fingerprint density at radius 3 is 2.32 bits per heavy atom. The van der Waals surface area contributed by atoms with E-state index in [1.165, 1.54) is 21.9 Å². The number of aryl methyl sites for hydroxylation is 2. The van der Waals surface area contributed by atoms with Gasteiger partial charge in [0.1, 0.15) is 0 Å². The molecule has 0 amide bonds. The highest BCUT2D eigenvalue weighted by atomic mass is 14.8. The van der Waals surface area contributed by atoms with Crippen molar-refractivity contribution in [2.75, 3.05) is 12.4 Å². The lowest BCUT2D eigenvalue weighted by Crippen LogP contribution is -1.96. The summed E-state index contributed by atoms with van der Waals surface area (Å²) in [5, 5.41) is 5.76. The van der Waals surface area contributed by atoms with Crippen LogP contribution in [-0.4, -0.2) is 13.3 Å². The van der Waals surface area contributed by atoms with Gasteiger partial charge in [-0.25, -0.2) is 0 Å². The summed E-state index contributed by atoms with van der Waals surface area (Å²) in [6.07, 6.45) is 1.95. The van der Waals surface area contributed by atoms with Gasteiger partial charge in [-0.15, -0.1) is 0 Å². The molecule has 2 heteroatoms. The number of fused-ring (bicyclic) bond motifs is 1. The maximum atomic E-state index is 4.73. The van der Waals surface area contributed by atoms with Gasteiger partial charge in [-0.05, 0) is 30.4 Å². The molecule has 0 aromatic heterocycles. The summed E-state index contributed by atoms with van der Waals surface area (Å²) in [6.45, 7) is 4.19. The van der Waals surface area contributed by atoms with Crippen molar-refractivity contribution in [3.8, 4) is 0 Å². The molecule has 3 aromatic carbocycles. The molecule has 0 aliphatic rings. The van der Waals surface area contributed by atoms with E-state index in [1.807, 2.05) is 13.3 Å². The Morgan fingerprint density at radius 1 is 0.864 bits per heavy atom. The van der Waals surface area contributed by atoms with E-state index in [2.05, 4.69) is 73.8 Å². The van der Waals surface area contributed by atoms with Crippen LogP contribution < -0.4 is 5.32 Å².